The molecule has 1 heterocycles. The van der Waals surface area contributed by atoms with Crippen molar-refractivity contribution in [1.29, 1.82) is 0 Å². The minimum Gasteiger partial charge on any atom is -0.437 e. The van der Waals surface area contributed by atoms with Gasteiger partial charge in [-0.05, 0) is 24.3 Å². The second-order valence-electron chi connectivity index (χ2n) is 4.05. The lowest BCUT2D eigenvalue weighted by molar-refractivity contribution is 0.462. The van der Waals surface area contributed by atoms with Gasteiger partial charge in [0.25, 0.3) is 0 Å². The van der Waals surface area contributed by atoms with Gasteiger partial charge in [0.15, 0.2) is 5.15 Å². The van der Waals surface area contributed by atoms with Crippen molar-refractivity contribution in [3.05, 3.63) is 57.7 Å². The van der Waals surface area contributed by atoms with Gasteiger partial charge in [0.05, 0.1) is 0 Å². The summed E-state index contributed by atoms with van der Waals surface area (Å²) in [4.78, 5) is 0. The molecule has 0 saturated carbocycles. The van der Waals surface area contributed by atoms with Crippen LogP contribution in [0.15, 0.2) is 42.5 Å². The first kappa shape index (κ1) is 13.4. The Morgan fingerprint density at radius 3 is 2.15 bits per heavy atom. The molecule has 6 heteroatoms. The number of hydrogen-bond acceptors (Lipinski definition) is 3. The Hall–Kier alpha value is -1.55. The topological polar surface area (TPSA) is 35.0 Å². The maximum Gasteiger partial charge on any atom is 0.246 e. The van der Waals surface area contributed by atoms with Crippen LogP contribution in [0.2, 0.25) is 15.2 Å². The molecule has 3 nitrogen and oxygen atoms in total. The standard InChI is InChI=1S/C14H7Cl3N2O/c15-8-5-9(16)7-10(6-8)20-14-12-4-2-1-3-11(12)13(17)18-19-14/h1-7H. The molecular formula is C14H7Cl3N2O. The van der Waals surface area contributed by atoms with Crippen molar-refractivity contribution in [2.24, 2.45) is 0 Å². The van der Waals surface area contributed by atoms with E-state index in [-0.39, 0.29) is 0 Å². The van der Waals surface area contributed by atoms with Crippen molar-refractivity contribution in [2.75, 3.05) is 0 Å². The number of benzene rings is 2. The zero-order valence-corrected chi connectivity index (χ0v) is 12.2. The number of rotatable bonds is 2. The predicted molar refractivity (Wildman–Crippen MR) is 81.1 cm³/mol. The Labute approximate surface area is 130 Å². The Balaban J connectivity index is 2.09. The van der Waals surface area contributed by atoms with Crippen molar-refractivity contribution in [3.63, 3.8) is 0 Å². The smallest absolute Gasteiger partial charge is 0.246 e. The normalized spacial score (nSPS) is 10.8. The van der Waals surface area contributed by atoms with Gasteiger partial charge in [0.2, 0.25) is 5.88 Å². The molecule has 0 radical (unpaired) electrons. The van der Waals surface area contributed by atoms with E-state index >= 15 is 0 Å². The van der Waals surface area contributed by atoms with Crippen molar-refractivity contribution < 1.29 is 4.74 Å². The Bertz CT molecular complexity index is 772. The SMILES string of the molecule is Clc1cc(Cl)cc(Oc2nnc(Cl)c3ccccc23)c1. The van der Waals surface area contributed by atoms with E-state index in [0.717, 1.165) is 10.8 Å². The molecule has 0 aliphatic carbocycles. The van der Waals surface area contributed by atoms with E-state index in [2.05, 4.69) is 10.2 Å². The Morgan fingerprint density at radius 2 is 1.45 bits per heavy atom. The molecule has 20 heavy (non-hydrogen) atoms. The van der Waals surface area contributed by atoms with Gasteiger partial charge in [-0.25, -0.2) is 0 Å². The van der Waals surface area contributed by atoms with E-state index in [1.54, 1.807) is 18.2 Å². The Morgan fingerprint density at radius 1 is 0.800 bits per heavy atom. The summed E-state index contributed by atoms with van der Waals surface area (Å²) < 4.78 is 5.71. The van der Waals surface area contributed by atoms with Crippen LogP contribution in [0, 0.1) is 0 Å². The zero-order valence-electron chi connectivity index (χ0n) is 9.98. The number of hydrogen-bond donors (Lipinski definition) is 0. The van der Waals surface area contributed by atoms with Gasteiger partial charge < -0.3 is 4.74 Å². The average Bonchev–Trinajstić information content (AvgIpc) is 2.41. The van der Waals surface area contributed by atoms with Crippen LogP contribution in [-0.2, 0) is 0 Å². The third-order valence-corrected chi connectivity index (χ3v) is 3.37. The fourth-order valence-corrected chi connectivity index (χ4v) is 2.53. The molecule has 0 saturated heterocycles. The summed E-state index contributed by atoms with van der Waals surface area (Å²) in [5.74, 6) is 0.840. The summed E-state index contributed by atoms with van der Waals surface area (Å²) in [6, 6.07) is 12.4. The lowest BCUT2D eigenvalue weighted by atomic mass is 10.2. The van der Waals surface area contributed by atoms with Gasteiger partial charge >= 0.3 is 0 Å². The molecule has 0 fully saturated rings. The van der Waals surface area contributed by atoms with Gasteiger partial charge in [-0.15, -0.1) is 10.2 Å². The van der Waals surface area contributed by atoms with Crippen LogP contribution < -0.4 is 4.74 Å². The fraction of sp³-hybridized carbons (Fsp3) is 0. The molecule has 3 rings (SSSR count). The van der Waals surface area contributed by atoms with Gasteiger partial charge in [-0.2, -0.15) is 0 Å². The minimum absolute atomic E-state index is 0.331. The highest BCUT2D eigenvalue weighted by atomic mass is 35.5. The van der Waals surface area contributed by atoms with E-state index in [4.69, 9.17) is 39.5 Å². The molecule has 1 aromatic heterocycles. The highest BCUT2D eigenvalue weighted by Gasteiger charge is 2.10. The van der Waals surface area contributed by atoms with E-state index < -0.39 is 0 Å². The number of halogens is 3. The van der Waals surface area contributed by atoms with E-state index in [1.165, 1.54) is 0 Å². The highest BCUT2D eigenvalue weighted by molar-refractivity contribution is 6.35. The summed E-state index contributed by atoms with van der Waals surface area (Å²) in [6.45, 7) is 0. The molecule has 0 N–H and O–H groups in total. The first-order chi connectivity index (χ1) is 9.63. The maximum atomic E-state index is 6.01. The molecule has 0 aliphatic heterocycles. The van der Waals surface area contributed by atoms with E-state index in [0.29, 0.717) is 26.8 Å². The zero-order chi connectivity index (χ0) is 14.1. The molecule has 100 valence electrons. The van der Waals surface area contributed by atoms with Gasteiger partial charge in [0, 0.05) is 20.8 Å². The summed E-state index contributed by atoms with van der Waals surface area (Å²) in [5.41, 5.74) is 0. The largest absolute Gasteiger partial charge is 0.437 e. The summed E-state index contributed by atoms with van der Waals surface area (Å²) in [7, 11) is 0. The van der Waals surface area contributed by atoms with Gasteiger partial charge in [0.1, 0.15) is 5.75 Å². The van der Waals surface area contributed by atoms with Crippen molar-refractivity contribution in [3.8, 4) is 11.6 Å². The van der Waals surface area contributed by atoms with Crippen LogP contribution in [-0.4, -0.2) is 10.2 Å². The summed E-state index contributed by atoms with van der Waals surface area (Å²) in [6.07, 6.45) is 0. The monoisotopic (exact) mass is 324 g/mol. The fourth-order valence-electron chi connectivity index (χ4n) is 1.82. The molecule has 0 spiro atoms. The maximum absolute atomic E-state index is 6.01. The van der Waals surface area contributed by atoms with Crippen LogP contribution in [0.3, 0.4) is 0 Å². The average molecular weight is 326 g/mol. The highest BCUT2D eigenvalue weighted by Crippen LogP contribution is 2.32. The summed E-state index contributed by atoms with van der Waals surface area (Å²) in [5, 5.41) is 10.7. The van der Waals surface area contributed by atoms with Crippen LogP contribution in [0.1, 0.15) is 0 Å². The van der Waals surface area contributed by atoms with E-state index in [1.807, 2.05) is 24.3 Å². The van der Waals surface area contributed by atoms with Gasteiger partial charge in [-0.3, -0.25) is 0 Å². The first-order valence-electron chi connectivity index (χ1n) is 5.68. The summed E-state index contributed by atoms with van der Waals surface area (Å²) >= 11 is 17.9. The van der Waals surface area contributed by atoms with Crippen LogP contribution in [0.4, 0.5) is 0 Å². The first-order valence-corrected chi connectivity index (χ1v) is 6.82. The van der Waals surface area contributed by atoms with Crippen molar-refractivity contribution in [1.82, 2.24) is 10.2 Å². The van der Waals surface area contributed by atoms with E-state index in [9.17, 15) is 0 Å². The molecule has 0 bridgehead atoms. The molecule has 0 amide bonds. The number of ether oxygens (including phenoxy) is 1. The van der Waals surface area contributed by atoms with Gasteiger partial charge in [-0.1, -0.05) is 53.0 Å². The predicted octanol–water partition coefficient (Wildman–Crippen LogP) is 5.38. The van der Waals surface area contributed by atoms with Crippen LogP contribution in [0.5, 0.6) is 11.6 Å². The second-order valence-corrected chi connectivity index (χ2v) is 5.28. The third kappa shape index (κ3) is 2.66. The molecular weight excluding hydrogens is 319 g/mol. The molecule has 0 unspecified atom stereocenters. The molecule has 2 aromatic carbocycles. The van der Waals surface area contributed by atoms with Crippen LogP contribution >= 0.6 is 34.8 Å². The molecule has 0 atom stereocenters. The second kappa shape index (κ2) is 5.44. The number of aromatic nitrogens is 2. The molecule has 0 aliphatic rings. The lowest BCUT2D eigenvalue weighted by Crippen LogP contribution is -1.93. The number of nitrogens with zero attached hydrogens (tertiary/aromatic N) is 2. The van der Waals surface area contributed by atoms with Crippen LogP contribution in [0.25, 0.3) is 10.8 Å². The Kier molecular flexibility index (Phi) is 3.66. The molecule has 3 aromatic rings. The minimum atomic E-state index is 0.331. The number of fused-ring (bicyclic) bond motifs is 1. The van der Waals surface area contributed by atoms with Crippen molar-refractivity contribution >= 4 is 45.6 Å². The van der Waals surface area contributed by atoms with Crippen molar-refractivity contribution in [2.45, 2.75) is 0 Å². The quantitative estimate of drug-likeness (QED) is 0.634. The third-order valence-electron chi connectivity index (χ3n) is 2.66. The lowest BCUT2D eigenvalue weighted by Gasteiger charge is -2.08.